The summed E-state index contributed by atoms with van der Waals surface area (Å²) in [6, 6.07) is 0. The van der Waals surface area contributed by atoms with Crippen molar-refractivity contribution < 1.29 is 73.8 Å². The fourth-order valence-electron chi connectivity index (χ4n) is 2.42. The minimum absolute atomic E-state index is 0.00764. The lowest BCUT2D eigenvalue weighted by atomic mass is 10.1. The molecule has 6 N–H and O–H groups in total. The van der Waals surface area contributed by atoms with E-state index < -0.39 is 77.7 Å². The number of aliphatic hydroxyl groups is 1. The number of nitrogens with one attached hydrogen (secondary N) is 1. The van der Waals surface area contributed by atoms with Gasteiger partial charge >= 0.3 is 35.3 Å². The molecule has 190 valence electrons. The molecule has 6 atom stereocenters. The Labute approximate surface area is 177 Å². The Balaban J connectivity index is 2.18. The Morgan fingerprint density at radius 2 is 1.67 bits per heavy atom. The summed E-state index contributed by atoms with van der Waals surface area (Å²) in [5.74, 6) is 0. The third kappa shape index (κ3) is 7.35. The summed E-state index contributed by atoms with van der Waals surface area (Å²) in [5.41, 5.74) is -5.28. The maximum Gasteiger partial charge on any atom is 0.490 e. The van der Waals surface area contributed by atoms with Crippen LogP contribution in [-0.4, -0.2) is 59.2 Å². The molecule has 33 heavy (non-hydrogen) atoms. The lowest BCUT2D eigenvalue weighted by Gasteiger charge is -2.19. The molecule has 2 rings (SSSR count). The summed E-state index contributed by atoms with van der Waals surface area (Å²) in [5, 5.41) is 9.87. The van der Waals surface area contributed by atoms with Crippen molar-refractivity contribution in [2.75, 3.05) is 6.61 Å². The number of ether oxygens (including phenoxy) is 1. The van der Waals surface area contributed by atoms with Gasteiger partial charge in [-0.25, -0.2) is 22.9 Å². The van der Waals surface area contributed by atoms with E-state index in [1.165, 1.54) is 4.98 Å². The third-order valence-electron chi connectivity index (χ3n) is 3.65. The third-order valence-corrected chi connectivity index (χ3v) is 7.46. The van der Waals surface area contributed by atoms with Gasteiger partial charge in [0.15, 0.2) is 12.4 Å². The van der Waals surface area contributed by atoms with Gasteiger partial charge in [0.1, 0.15) is 17.8 Å². The molecule has 0 amide bonds. The maximum absolute atomic E-state index is 14.3. The predicted octanol–water partition coefficient (Wildman–Crippen LogP) is -0.505. The fraction of sp³-hybridized carbons (Fsp3) is 0.600. The normalized spacial score (nSPS) is 27.8. The number of alkyl halides is 4. The number of phosphoric acid groups is 3. The van der Waals surface area contributed by atoms with E-state index in [-0.39, 0.29) is 10.8 Å². The summed E-state index contributed by atoms with van der Waals surface area (Å²) in [4.78, 5) is 59.6. The first-order chi connectivity index (χ1) is 14.7. The van der Waals surface area contributed by atoms with Crippen molar-refractivity contribution in [3.05, 3.63) is 32.6 Å². The van der Waals surface area contributed by atoms with Crippen LogP contribution in [0.5, 0.6) is 0 Å². The zero-order chi connectivity index (χ0) is 25.6. The van der Waals surface area contributed by atoms with E-state index >= 15 is 0 Å². The molecule has 23 heteroatoms. The largest absolute Gasteiger partial charge is 0.490 e. The standard InChI is InChI=1S/C10H13F4N2O14P3/c11-5-4(2-27-32(23,24)30-33(25,26)29-31(20,21)22)28-8(6(5)17)16-1-3(10(12,13)14)7(18)15-9(16)19/h1,4-6,8,17H,2H2,(H,23,24)(H,25,26)(H,15,18,19)(H2,20,21,22)/t4-,5-,6-,8-/m0/s1. The van der Waals surface area contributed by atoms with Crippen LogP contribution in [0.4, 0.5) is 17.6 Å². The molecule has 0 aromatic carbocycles. The van der Waals surface area contributed by atoms with Crippen LogP contribution in [0.2, 0.25) is 0 Å². The van der Waals surface area contributed by atoms with Crippen LogP contribution in [0.1, 0.15) is 11.8 Å². The molecule has 0 bridgehead atoms. The molecule has 0 saturated carbocycles. The van der Waals surface area contributed by atoms with Crippen LogP contribution < -0.4 is 11.2 Å². The second kappa shape index (κ2) is 9.41. The van der Waals surface area contributed by atoms with Gasteiger partial charge < -0.3 is 29.4 Å². The lowest BCUT2D eigenvalue weighted by Crippen LogP contribution is -2.39. The number of aromatic nitrogens is 2. The van der Waals surface area contributed by atoms with Crippen molar-refractivity contribution in [3.8, 4) is 0 Å². The number of hydrogen-bond donors (Lipinski definition) is 6. The van der Waals surface area contributed by atoms with E-state index in [2.05, 4.69) is 13.1 Å². The Morgan fingerprint density at radius 3 is 2.18 bits per heavy atom. The molecular formula is C10H13F4N2O14P3. The van der Waals surface area contributed by atoms with E-state index in [9.17, 15) is 50.8 Å². The molecule has 0 spiro atoms. The molecule has 0 aliphatic carbocycles. The first-order valence-electron chi connectivity index (χ1n) is 7.91. The van der Waals surface area contributed by atoms with E-state index in [0.717, 1.165) is 0 Å². The number of nitrogens with zero attached hydrogens (tertiary/aromatic N) is 1. The number of halogens is 4. The van der Waals surface area contributed by atoms with Crippen LogP contribution in [0.3, 0.4) is 0 Å². The molecule has 16 nitrogen and oxygen atoms in total. The predicted molar refractivity (Wildman–Crippen MR) is 91.0 cm³/mol. The van der Waals surface area contributed by atoms with Gasteiger partial charge in [-0.15, -0.1) is 0 Å². The van der Waals surface area contributed by atoms with Crippen molar-refractivity contribution in [1.82, 2.24) is 9.55 Å². The van der Waals surface area contributed by atoms with Crippen LogP contribution in [0.15, 0.2) is 15.8 Å². The molecule has 2 unspecified atom stereocenters. The number of aliphatic hydroxyl groups excluding tert-OH is 1. The summed E-state index contributed by atoms with van der Waals surface area (Å²) in [6.45, 7) is -1.40. The van der Waals surface area contributed by atoms with E-state index in [1.54, 1.807) is 0 Å². The van der Waals surface area contributed by atoms with Crippen LogP contribution >= 0.6 is 23.5 Å². The highest BCUT2D eigenvalue weighted by Crippen LogP contribution is 2.66. The van der Waals surface area contributed by atoms with Crippen molar-refractivity contribution in [3.63, 3.8) is 0 Å². The topological polar surface area (TPSA) is 244 Å². The van der Waals surface area contributed by atoms with Gasteiger partial charge in [-0.05, 0) is 0 Å². The number of phosphoric ester groups is 1. The van der Waals surface area contributed by atoms with Crippen molar-refractivity contribution in [1.29, 1.82) is 0 Å². The highest BCUT2D eigenvalue weighted by molar-refractivity contribution is 7.66. The SMILES string of the molecule is O=c1[nH]c(=O)n([C@H]2O[C@@H](COP(=O)(O)OP(=O)(O)OP(=O)(O)O)[C@H](F)[C@@H]2O)cc1C(F)(F)F. The average Bonchev–Trinajstić information content (AvgIpc) is 2.84. The van der Waals surface area contributed by atoms with Crippen LogP contribution in [0.25, 0.3) is 0 Å². The quantitative estimate of drug-likeness (QED) is 0.175. The lowest BCUT2D eigenvalue weighted by molar-refractivity contribution is -0.140. The molecule has 1 aromatic rings. The zero-order valence-corrected chi connectivity index (χ0v) is 18.0. The first-order valence-corrected chi connectivity index (χ1v) is 12.4. The minimum atomic E-state index is -5.89. The molecule has 1 aliphatic rings. The molecule has 1 aromatic heterocycles. The molecule has 2 heterocycles. The molecule has 1 aliphatic heterocycles. The number of hydrogen-bond acceptors (Lipinski definition) is 10. The second-order valence-electron chi connectivity index (χ2n) is 6.09. The van der Waals surface area contributed by atoms with E-state index in [0.29, 0.717) is 0 Å². The van der Waals surface area contributed by atoms with Gasteiger partial charge in [0.2, 0.25) is 0 Å². The monoisotopic (exact) mass is 554 g/mol. The molecule has 0 radical (unpaired) electrons. The Hall–Kier alpha value is -1.27. The summed E-state index contributed by atoms with van der Waals surface area (Å²) < 4.78 is 102. The smallest absolute Gasteiger partial charge is 0.385 e. The molecular weight excluding hydrogens is 541 g/mol. The summed E-state index contributed by atoms with van der Waals surface area (Å²) in [7, 11) is -17.3. The number of aromatic amines is 1. The molecule has 1 fully saturated rings. The van der Waals surface area contributed by atoms with Gasteiger partial charge in [-0.1, -0.05) is 0 Å². The highest BCUT2D eigenvalue weighted by atomic mass is 31.3. The summed E-state index contributed by atoms with van der Waals surface area (Å²) in [6.07, 6.45) is -14.6. The summed E-state index contributed by atoms with van der Waals surface area (Å²) >= 11 is 0. The van der Waals surface area contributed by atoms with Crippen molar-refractivity contribution >= 4 is 23.5 Å². The van der Waals surface area contributed by atoms with E-state index in [4.69, 9.17) is 19.4 Å². The van der Waals surface area contributed by atoms with Crippen LogP contribution in [-0.2, 0) is 37.8 Å². The average molecular weight is 554 g/mol. The maximum atomic E-state index is 14.3. The van der Waals surface area contributed by atoms with Crippen molar-refractivity contribution in [2.45, 2.75) is 30.8 Å². The zero-order valence-electron chi connectivity index (χ0n) is 15.3. The molecule has 1 saturated heterocycles. The van der Waals surface area contributed by atoms with Gasteiger partial charge in [0.25, 0.3) is 5.56 Å². The first kappa shape index (κ1) is 28.0. The minimum Gasteiger partial charge on any atom is -0.385 e. The van der Waals surface area contributed by atoms with Crippen molar-refractivity contribution in [2.24, 2.45) is 0 Å². The Bertz CT molecular complexity index is 1150. The Morgan fingerprint density at radius 1 is 1.09 bits per heavy atom. The van der Waals surface area contributed by atoms with Gasteiger partial charge in [-0.2, -0.15) is 21.8 Å². The number of H-pyrrole nitrogens is 1. The fourth-order valence-corrected chi connectivity index (χ4v) is 5.45. The van der Waals surface area contributed by atoms with Gasteiger partial charge in [-0.3, -0.25) is 18.9 Å². The second-order valence-corrected chi connectivity index (χ2v) is 10.5. The Kier molecular flexibility index (Phi) is 7.97. The highest BCUT2D eigenvalue weighted by Gasteiger charge is 2.48. The van der Waals surface area contributed by atoms with Gasteiger partial charge in [0.05, 0.1) is 6.61 Å². The van der Waals surface area contributed by atoms with Gasteiger partial charge in [0, 0.05) is 6.20 Å². The number of rotatable bonds is 8. The van der Waals surface area contributed by atoms with Crippen LogP contribution in [0, 0.1) is 0 Å². The van der Waals surface area contributed by atoms with E-state index in [1.807, 2.05) is 0 Å².